The van der Waals surface area contributed by atoms with Crippen molar-refractivity contribution in [1.29, 1.82) is 0 Å². The van der Waals surface area contributed by atoms with E-state index in [9.17, 15) is 14.7 Å². The Morgan fingerprint density at radius 1 is 1.19 bits per heavy atom. The van der Waals surface area contributed by atoms with E-state index in [2.05, 4.69) is 25.1 Å². The summed E-state index contributed by atoms with van der Waals surface area (Å²) in [5.74, 6) is -0.408. The van der Waals surface area contributed by atoms with E-state index in [4.69, 9.17) is 16.3 Å². The standard InChI is InChI=1S/C26H34ClN5O4/c1-4-36-23(33)17-32-14-12-31(13-15-32)11-10-29-26(35)24-18(2)22(30-19(24)3)16-20-7-8-21(27)6-5-9-28-25(20)34/h5-9,16,28,34H,4,10-15,17H2,1-3H3,(H,29,35). The number of halogens is 1. The zero-order chi connectivity index (χ0) is 26.1. The van der Waals surface area contributed by atoms with Gasteiger partial charge in [0.15, 0.2) is 5.88 Å². The number of carbonyl (C=O) groups excluding carboxylic acids is 2. The maximum absolute atomic E-state index is 13.0. The third-order valence-corrected chi connectivity index (χ3v) is 6.28. The van der Waals surface area contributed by atoms with Crippen LogP contribution in [-0.2, 0) is 14.3 Å². The monoisotopic (exact) mass is 515 g/mol. The van der Waals surface area contributed by atoms with Crippen molar-refractivity contribution in [2.75, 3.05) is 52.4 Å². The lowest BCUT2D eigenvalue weighted by molar-refractivity contribution is -0.144. The van der Waals surface area contributed by atoms with Gasteiger partial charge in [0.1, 0.15) is 0 Å². The second-order valence-electron chi connectivity index (χ2n) is 8.60. The van der Waals surface area contributed by atoms with E-state index >= 15 is 0 Å². The lowest BCUT2D eigenvalue weighted by Gasteiger charge is -2.34. The van der Waals surface area contributed by atoms with Crippen LogP contribution in [0.1, 0.15) is 26.3 Å². The van der Waals surface area contributed by atoms with Crippen LogP contribution < -0.4 is 5.32 Å². The molecule has 3 heterocycles. The normalized spacial score (nSPS) is 17.7. The predicted octanol–water partition coefficient (Wildman–Crippen LogP) is 2.93. The predicted molar refractivity (Wildman–Crippen MR) is 141 cm³/mol. The number of aromatic amines is 1. The van der Waals surface area contributed by atoms with Crippen LogP contribution in [0.2, 0.25) is 5.02 Å². The van der Waals surface area contributed by atoms with E-state index in [0.717, 1.165) is 38.3 Å². The van der Waals surface area contributed by atoms with Crippen molar-refractivity contribution in [3.05, 3.63) is 57.9 Å². The van der Waals surface area contributed by atoms with Gasteiger partial charge in [-0.25, -0.2) is 0 Å². The van der Waals surface area contributed by atoms with E-state index in [1.54, 1.807) is 50.4 Å². The third kappa shape index (κ3) is 7.68. The molecule has 0 aromatic carbocycles. The maximum atomic E-state index is 13.0. The number of hydrogen-bond donors (Lipinski definition) is 3. The summed E-state index contributed by atoms with van der Waals surface area (Å²) >= 11 is 6.11. The molecule has 2 aliphatic heterocycles. The fourth-order valence-corrected chi connectivity index (χ4v) is 4.22. The lowest BCUT2D eigenvalue weighted by atomic mass is 10.0. The molecule has 9 nitrogen and oxygen atoms in total. The maximum Gasteiger partial charge on any atom is 0.320 e. The number of aliphatic imine (C=N–C) groups is 1. The van der Waals surface area contributed by atoms with Crippen LogP contribution in [0.5, 0.6) is 5.88 Å². The molecule has 2 aliphatic rings. The summed E-state index contributed by atoms with van der Waals surface area (Å²) in [4.78, 5) is 36.3. The number of nitrogens with zero attached hydrogens (tertiary/aromatic N) is 3. The molecular formula is C26H34ClN5O4. The van der Waals surface area contributed by atoms with Crippen LogP contribution in [0.15, 0.2) is 52.3 Å². The number of rotatable bonds is 8. The summed E-state index contributed by atoms with van der Waals surface area (Å²) < 4.78 is 5.01. The second kappa shape index (κ2) is 13.2. The number of hydrogen-bond acceptors (Lipinski definition) is 7. The van der Waals surface area contributed by atoms with Crippen molar-refractivity contribution in [3.63, 3.8) is 0 Å². The third-order valence-electron chi connectivity index (χ3n) is 6.03. The largest absolute Gasteiger partial charge is 0.494 e. The van der Waals surface area contributed by atoms with Crippen LogP contribution in [0.3, 0.4) is 0 Å². The Bertz CT molecular complexity index is 1120. The number of allylic oxidation sites excluding steroid dienone is 1. The highest BCUT2D eigenvalue weighted by atomic mass is 35.5. The molecule has 3 rings (SSSR count). The zero-order valence-electron chi connectivity index (χ0n) is 21.0. The lowest BCUT2D eigenvalue weighted by Crippen LogP contribution is -2.49. The molecule has 1 fully saturated rings. The molecule has 1 aromatic rings. The highest BCUT2D eigenvalue weighted by Crippen LogP contribution is 2.28. The molecule has 10 heteroatoms. The van der Waals surface area contributed by atoms with Crippen LogP contribution in [0.25, 0.3) is 6.08 Å². The Hall–Kier alpha value is -3.14. The van der Waals surface area contributed by atoms with Gasteiger partial charge in [0.2, 0.25) is 0 Å². The summed E-state index contributed by atoms with van der Waals surface area (Å²) in [5, 5.41) is 13.9. The molecule has 0 atom stereocenters. The topological polar surface area (TPSA) is 110 Å². The van der Waals surface area contributed by atoms with Gasteiger partial charge in [-0.3, -0.25) is 24.4 Å². The van der Waals surface area contributed by atoms with Crippen molar-refractivity contribution >= 4 is 35.3 Å². The Kier molecular flexibility index (Phi) is 10.1. The highest BCUT2D eigenvalue weighted by molar-refractivity contribution is 6.30. The van der Waals surface area contributed by atoms with Crippen LogP contribution in [-0.4, -0.2) is 89.9 Å². The number of piperazine rings is 1. The summed E-state index contributed by atoms with van der Waals surface area (Å²) in [6, 6.07) is 6.75. The minimum absolute atomic E-state index is 0.0457. The Labute approximate surface area is 216 Å². The molecule has 1 aromatic heterocycles. The molecule has 3 N–H and O–H groups in total. The van der Waals surface area contributed by atoms with Gasteiger partial charge in [0.25, 0.3) is 5.91 Å². The van der Waals surface area contributed by atoms with Crippen LogP contribution in [0, 0.1) is 0 Å². The average molecular weight is 516 g/mol. The smallest absolute Gasteiger partial charge is 0.320 e. The Morgan fingerprint density at radius 3 is 2.64 bits per heavy atom. The van der Waals surface area contributed by atoms with Crippen molar-refractivity contribution in [3.8, 4) is 5.88 Å². The summed E-state index contributed by atoms with van der Waals surface area (Å²) in [6.45, 7) is 10.7. The summed E-state index contributed by atoms with van der Waals surface area (Å²) in [7, 11) is 0. The first-order chi connectivity index (χ1) is 17.3. The molecule has 0 bridgehead atoms. The van der Waals surface area contributed by atoms with E-state index in [1.165, 1.54) is 0 Å². The first-order valence-electron chi connectivity index (χ1n) is 12.1. The van der Waals surface area contributed by atoms with E-state index in [0.29, 0.717) is 47.3 Å². The summed E-state index contributed by atoms with van der Waals surface area (Å²) in [5.41, 5.74) is 3.00. The molecule has 1 saturated heterocycles. The Balaban J connectivity index is 1.58. The zero-order valence-corrected chi connectivity index (χ0v) is 21.8. The fourth-order valence-electron chi connectivity index (χ4n) is 4.09. The average Bonchev–Trinajstić information content (AvgIpc) is 3.15. The van der Waals surface area contributed by atoms with Gasteiger partial charge in [-0.05, 0) is 56.7 Å². The SMILES string of the molecule is CCOC(=O)CN1CCN(CCNC(=O)C2=C(C)C(=Cc3ccc(Cl)ccc[nH]c3O)N=C2C)CC1. The number of aromatic hydroxyl groups is 1. The first kappa shape index (κ1) is 27.4. The molecule has 0 spiro atoms. The van der Waals surface area contributed by atoms with Crippen molar-refractivity contribution in [2.24, 2.45) is 4.99 Å². The van der Waals surface area contributed by atoms with Gasteiger partial charge in [-0.15, -0.1) is 0 Å². The Morgan fingerprint density at radius 2 is 1.92 bits per heavy atom. The van der Waals surface area contributed by atoms with Crippen molar-refractivity contribution in [1.82, 2.24) is 20.1 Å². The molecule has 36 heavy (non-hydrogen) atoms. The minimum atomic E-state index is -0.190. The van der Waals surface area contributed by atoms with Crippen LogP contribution in [0.4, 0.5) is 0 Å². The van der Waals surface area contributed by atoms with Gasteiger partial charge < -0.3 is 20.1 Å². The summed E-state index contributed by atoms with van der Waals surface area (Å²) in [6.07, 6.45) is 3.30. The van der Waals surface area contributed by atoms with Gasteiger partial charge in [0, 0.05) is 56.1 Å². The molecule has 0 aliphatic carbocycles. The van der Waals surface area contributed by atoms with E-state index < -0.39 is 0 Å². The first-order valence-corrected chi connectivity index (χ1v) is 12.4. The number of H-pyrrole nitrogens is 1. The van der Waals surface area contributed by atoms with Gasteiger partial charge in [-0.2, -0.15) is 0 Å². The van der Waals surface area contributed by atoms with E-state index in [-0.39, 0.29) is 17.8 Å². The fraction of sp³-hybridized carbons (Fsp3) is 0.423. The molecule has 0 unspecified atom stereocenters. The molecular weight excluding hydrogens is 482 g/mol. The highest BCUT2D eigenvalue weighted by Gasteiger charge is 2.24. The van der Waals surface area contributed by atoms with Crippen molar-refractivity contribution < 1.29 is 19.4 Å². The number of aromatic nitrogens is 1. The number of esters is 1. The van der Waals surface area contributed by atoms with E-state index in [1.807, 2.05) is 6.92 Å². The number of nitrogens with one attached hydrogen (secondary N) is 2. The van der Waals surface area contributed by atoms with Crippen molar-refractivity contribution in [2.45, 2.75) is 20.8 Å². The second-order valence-corrected chi connectivity index (χ2v) is 9.03. The van der Waals surface area contributed by atoms with Gasteiger partial charge >= 0.3 is 5.97 Å². The molecule has 0 saturated carbocycles. The molecule has 1 amide bonds. The number of amides is 1. The number of ether oxygens (including phenoxy) is 1. The molecule has 0 radical (unpaired) electrons. The van der Waals surface area contributed by atoms with Gasteiger partial charge in [0.05, 0.1) is 30.1 Å². The van der Waals surface area contributed by atoms with Crippen LogP contribution >= 0.6 is 11.6 Å². The van der Waals surface area contributed by atoms with Gasteiger partial charge in [-0.1, -0.05) is 11.6 Å². The quantitative estimate of drug-likeness (QED) is 0.459. The minimum Gasteiger partial charge on any atom is -0.494 e. The molecule has 194 valence electrons. The number of carbonyl (C=O) groups is 2.